The van der Waals surface area contributed by atoms with Gasteiger partial charge in [-0.05, 0) is 51.3 Å². The summed E-state index contributed by atoms with van der Waals surface area (Å²) in [7, 11) is 1.98. The summed E-state index contributed by atoms with van der Waals surface area (Å²) in [5.74, 6) is 1.03. The summed E-state index contributed by atoms with van der Waals surface area (Å²) in [6.07, 6.45) is 8.14. The first-order chi connectivity index (χ1) is 7.90. The van der Waals surface area contributed by atoms with E-state index in [-0.39, 0.29) is 0 Å². The lowest BCUT2D eigenvalue weighted by atomic mass is 10.0. The summed E-state index contributed by atoms with van der Waals surface area (Å²) in [4.78, 5) is 0. The van der Waals surface area contributed by atoms with Gasteiger partial charge in [0.05, 0.1) is 18.4 Å². The molecule has 1 aromatic heterocycles. The van der Waals surface area contributed by atoms with Crippen molar-refractivity contribution in [2.45, 2.75) is 44.2 Å². The molecule has 2 heterocycles. The number of furan rings is 1. The molecule has 1 saturated heterocycles. The van der Waals surface area contributed by atoms with E-state index in [0.29, 0.717) is 12.1 Å². The molecular weight excluding hydrogens is 202 g/mol. The second-order valence-electron chi connectivity index (χ2n) is 4.42. The maximum absolute atomic E-state index is 5.73. The van der Waals surface area contributed by atoms with Crippen LogP contribution >= 0.6 is 0 Å². The van der Waals surface area contributed by atoms with Crippen molar-refractivity contribution in [2.24, 2.45) is 0 Å². The van der Waals surface area contributed by atoms with E-state index in [1.54, 1.807) is 6.26 Å². The van der Waals surface area contributed by atoms with Crippen LogP contribution in [0.4, 0.5) is 0 Å². The molecule has 2 atom stereocenters. The zero-order chi connectivity index (χ0) is 11.2. The first-order valence-corrected chi connectivity index (χ1v) is 6.22. The Bertz CT molecular complexity index is 278. The molecule has 16 heavy (non-hydrogen) atoms. The number of hydrogen-bond acceptors (Lipinski definition) is 3. The molecule has 1 N–H and O–H groups in total. The smallest absolute Gasteiger partial charge is 0.120 e. The Morgan fingerprint density at radius 1 is 1.50 bits per heavy atom. The molecule has 2 rings (SSSR count). The van der Waals surface area contributed by atoms with Gasteiger partial charge in [-0.3, -0.25) is 0 Å². The summed E-state index contributed by atoms with van der Waals surface area (Å²) in [6, 6.07) is 4.29. The molecule has 1 aliphatic heterocycles. The quantitative estimate of drug-likeness (QED) is 0.833. The Morgan fingerprint density at radius 2 is 2.44 bits per heavy atom. The molecule has 0 bridgehead atoms. The van der Waals surface area contributed by atoms with Crippen molar-refractivity contribution in [3.8, 4) is 0 Å². The summed E-state index contributed by atoms with van der Waals surface area (Å²) in [6.45, 7) is 0.940. The van der Waals surface area contributed by atoms with Crippen molar-refractivity contribution in [1.82, 2.24) is 5.32 Å². The minimum atomic E-state index is 0.320. The van der Waals surface area contributed by atoms with E-state index in [1.165, 1.54) is 19.3 Å². The topological polar surface area (TPSA) is 34.4 Å². The molecule has 0 saturated carbocycles. The van der Waals surface area contributed by atoms with Crippen LogP contribution in [0.1, 0.15) is 43.9 Å². The van der Waals surface area contributed by atoms with Crippen LogP contribution < -0.4 is 5.32 Å². The second-order valence-corrected chi connectivity index (χ2v) is 4.42. The van der Waals surface area contributed by atoms with Crippen LogP contribution in [0.25, 0.3) is 0 Å². The van der Waals surface area contributed by atoms with Gasteiger partial charge < -0.3 is 14.5 Å². The first-order valence-electron chi connectivity index (χ1n) is 6.22. The molecule has 0 aliphatic carbocycles. The van der Waals surface area contributed by atoms with Gasteiger partial charge in [-0.15, -0.1) is 0 Å². The Kier molecular flexibility index (Phi) is 4.43. The minimum Gasteiger partial charge on any atom is -0.468 e. The van der Waals surface area contributed by atoms with E-state index in [0.717, 1.165) is 25.2 Å². The van der Waals surface area contributed by atoms with Crippen molar-refractivity contribution in [3.63, 3.8) is 0 Å². The zero-order valence-electron chi connectivity index (χ0n) is 9.95. The predicted molar refractivity (Wildman–Crippen MR) is 63.3 cm³/mol. The summed E-state index contributed by atoms with van der Waals surface area (Å²) in [5, 5.41) is 3.29. The molecule has 0 amide bonds. The second kappa shape index (κ2) is 6.06. The molecule has 90 valence electrons. The van der Waals surface area contributed by atoms with Gasteiger partial charge in [0.15, 0.2) is 0 Å². The normalized spacial score (nSPS) is 23.2. The van der Waals surface area contributed by atoms with E-state index in [2.05, 4.69) is 5.32 Å². The molecular formula is C13H21NO2. The fourth-order valence-corrected chi connectivity index (χ4v) is 2.31. The van der Waals surface area contributed by atoms with Gasteiger partial charge >= 0.3 is 0 Å². The van der Waals surface area contributed by atoms with E-state index in [1.807, 2.05) is 19.2 Å². The third kappa shape index (κ3) is 3.09. The molecule has 0 spiro atoms. The lowest BCUT2D eigenvalue weighted by Crippen LogP contribution is -2.22. The molecule has 2 unspecified atom stereocenters. The van der Waals surface area contributed by atoms with Crippen molar-refractivity contribution < 1.29 is 9.15 Å². The van der Waals surface area contributed by atoms with E-state index < -0.39 is 0 Å². The Balaban J connectivity index is 1.78. The van der Waals surface area contributed by atoms with Gasteiger partial charge in [-0.1, -0.05) is 0 Å². The van der Waals surface area contributed by atoms with Crippen molar-refractivity contribution in [1.29, 1.82) is 0 Å². The fourth-order valence-electron chi connectivity index (χ4n) is 2.31. The van der Waals surface area contributed by atoms with E-state index in [4.69, 9.17) is 9.15 Å². The summed E-state index contributed by atoms with van der Waals surface area (Å²) < 4.78 is 11.2. The fraction of sp³-hybridized carbons (Fsp3) is 0.692. The Labute approximate surface area is 97.2 Å². The number of hydrogen-bond donors (Lipinski definition) is 1. The van der Waals surface area contributed by atoms with Crippen LogP contribution in [0.15, 0.2) is 22.8 Å². The predicted octanol–water partition coefficient (Wildman–Crippen LogP) is 2.89. The highest BCUT2D eigenvalue weighted by Gasteiger charge is 2.18. The van der Waals surface area contributed by atoms with Crippen molar-refractivity contribution in [3.05, 3.63) is 24.2 Å². The number of ether oxygens (including phenoxy) is 1. The molecule has 1 aliphatic rings. The van der Waals surface area contributed by atoms with Gasteiger partial charge in [0.25, 0.3) is 0 Å². The SMILES string of the molecule is CNC(CCC1CCCCO1)c1ccco1. The van der Waals surface area contributed by atoms with Gasteiger partial charge in [0.1, 0.15) is 5.76 Å². The summed E-state index contributed by atoms with van der Waals surface area (Å²) in [5.41, 5.74) is 0. The highest BCUT2D eigenvalue weighted by Crippen LogP contribution is 2.23. The third-order valence-corrected chi connectivity index (χ3v) is 3.29. The zero-order valence-corrected chi connectivity index (χ0v) is 9.95. The standard InChI is InChI=1S/C13H21NO2/c1-14-12(13-6-4-10-16-13)8-7-11-5-2-3-9-15-11/h4,6,10-12,14H,2-3,5,7-9H2,1H3. The minimum absolute atomic E-state index is 0.320. The van der Waals surface area contributed by atoms with Crippen LogP contribution in [-0.2, 0) is 4.74 Å². The maximum Gasteiger partial charge on any atom is 0.120 e. The largest absolute Gasteiger partial charge is 0.468 e. The third-order valence-electron chi connectivity index (χ3n) is 3.29. The van der Waals surface area contributed by atoms with E-state index >= 15 is 0 Å². The highest BCUT2D eigenvalue weighted by atomic mass is 16.5. The average molecular weight is 223 g/mol. The monoisotopic (exact) mass is 223 g/mol. The molecule has 1 aromatic rings. The highest BCUT2D eigenvalue weighted by molar-refractivity contribution is 5.04. The lowest BCUT2D eigenvalue weighted by Gasteiger charge is -2.24. The molecule has 0 aromatic carbocycles. The number of nitrogens with one attached hydrogen (secondary N) is 1. The van der Waals surface area contributed by atoms with Crippen molar-refractivity contribution >= 4 is 0 Å². The van der Waals surface area contributed by atoms with Crippen LogP contribution in [-0.4, -0.2) is 19.8 Å². The van der Waals surface area contributed by atoms with Gasteiger partial charge in [0.2, 0.25) is 0 Å². The van der Waals surface area contributed by atoms with Gasteiger partial charge in [-0.2, -0.15) is 0 Å². The number of rotatable bonds is 5. The Morgan fingerprint density at radius 3 is 3.06 bits per heavy atom. The first kappa shape index (κ1) is 11.7. The lowest BCUT2D eigenvalue weighted by molar-refractivity contribution is 0.00834. The van der Waals surface area contributed by atoms with Crippen LogP contribution in [0.3, 0.4) is 0 Å². The Hall–Kier alpha value is -0.800. The van der Waals surface area contributed by atoms with Gasteiger partial charge in [-0.25, -0.2) is 0 Å². The molecule has 0 radical (unpaired) electrons. The summed E-state index contributed by atoms with van der Waals surface area (Å²) >= 11 is 0. The van der Waals surface area contributed by atoms with Crippen LogP contribution in [0.5, 0.6) is 0 Å². The van der Waals surface area contributed by atoms with Crippen LogP contribution in [0.2, 0.25) is 0 Å². The van der Waals surface area contributed by atoms with E-state index in [9.17, 15) is 0 Å². The van der Waals surface area contributed by atoms with Crippen molar-refractivity contribution in [2.75, 3.05) is 13.7 Å². The van der Waals surface area contributed by atoms with Crippen LogP contribution in [0, 0.1) is 0 Å². The molecule has 3 heteroatoms. The van der Waals surface area contributed by atoms with Gasteiger partial charge in [0, 0.05) is 6.61 Å². The molecule has 3 nitrogen and oxygen atoms in total. The molecule has 1 fully saturated rings. The maximum atomic E-state index is 5.73. The average Bonchev–Trinajstić information content (AvgIpc) is 2.85.